The van der Waals surface area contributed by atoms with Crippen molar-refractivity contribution in [3.63, 3.8) is 0 Å². The molecule has 2 aromatic carbocycles. The number of rotatable bonds is 7. The van der Waals surface area contributed by atoms with Crippen LogP contribution >= 0.6 is 0 Å². The van der Waals surface area contributed by atoms with Crippen LogP contribution in [-0.2, 0) is 4.79 Å². The smallest absolute Gasteiger partial charge is 0.288 e. The van der Waals surface area contributed by atoms with Gasteiger partial charge in [0.05, 0.1) is 11.4 Å². The number of likely N-dealkylation sites (tertiary alicyclic amines) is 1. The Kier molecular flexibility index (Phi) is 7.47. The van der Waals surface area contributed by atoms with Gasteiger partial charge >= 0.3 is 0 Å². The normalized spacial score (nSPS) is 15.9. The van der Waals surface area contributed by atoms with Crippen molar-refractivity contribution >= 4 is 22.6 Å². The number of carbonyl (C=O) groups is 1. The summed E-state index contributed by atoms with van der Waals surface area (Å²) in [6, 6.07) is 13.5. The fourth-order valence-electron chi connectivity index (χ4n) is 4.96. The Morgan fingerprint density at radius 3 is 2.79 bits per heavy atom. The maximum atomic E-state index is 15.2. The van der Waals surface area contributed by atoms with Crippen molar-refractivity contribution in [3.05, 3.63) is 83.1 Å². The molecule has 1 aliphatic heterocycles. The van der Waals surface area contributed by atoms with E-state index in [9.17, 15) is 9.59 Å². The molecule has 1 amide bonds. The molecule has 1 saturated heterocycles. The SMILES string of the molecule is CN(C)C/C=C/C(=O)N1CCCC(n2cc(-c3ccc(Oc4ccccc4)c(F)c3)c3c(N)n[nH]c(=O)c32)C1. The second kappa shape index (κ2) is 11.1. The highest BCUT2D eigenvalue weighted by Gasteiger charge is 2.28. The lowest BCUT2D eigenvalue weighted by atomic mass is 10.1. The van der Waals surface area contributed by atoms with Crippen LogP contribution in [0.5, 0.6) is 11.5 Å². The molecular weight excluding hydrogens is 499 g/mol. The van der Waals surface area contributed by atoms with Crippen LogP contribution in [0.1, 0.15) is 18.9 Å². The summed E-state index contributed by atoms with van der Waals surface area (Å²) in [6.45, 7) is 1.75. The molecule has 4 aromatic rings. The maximum absolute atomic E-state index is 15.2. The second-order valence-electron chi connectivity index (χ2n) is 9.92. The number of H-pyrrole nitrogens is 1. The van der Waals surface area contributed by atoms with Crippen LogP contribution in [0.4, 0.5) is 10.2 Å². The zero-order chi connectivity index (χ0) is 27.5. The van der Waals surface area contributed by atoms with Crippen LogP contribution in [-0.4, -0.2) is 64.2 Å². The number of para-hydroxylation sites is 1. The van der Waals surface area contributed by atoms with E-state index >= 15 is 4.39 Å². The molecule has 0 aliphatic carbocycles. The van der Waals surface area contributed by atoms with Crippen molar-refractivity contribution < 1.29 is 13.9 Å². The first-order valence-corrected chi connectivity index (χ1v) is 12.8. The van der Waals surface area contributed by atoms with E-state index in [1.54, 1.807) is 35.2 Å². The Morgan fingerprint density at radius 2 is 2.05 bits per heavy atom. The van der Waals surface area contributed by atoms with Crippen LogP contribution in [0.25, 0.3) is 22.0 Å². The summed E-state index contributed by atoms with van der Waals surface area (Å²) < 4.78 is 22.7. The first-order valence-electron chi connectivity index (χ1n) is 12.8. The topological polar surface area (TPSA) is 109 Å². The largest absolute Gasteiger partial charge is 0.454 e. The number of hydrogen-bond donors (Lipinski definition) is 2. The third kappa shape index (κ3) is 5.56. The average molecular weight is 531 g/mol. The minimum atomic E-state index is -0.549. The van der Waals surface area contributed by atoms with Crippen LogP contribution < -0.4 is 16.0 Å². The number of hydrogen-bond acceptors (Lipinski definition) is 6. The van der Waals surface area contributed by atoms with E-state index in [-0.39, 0.29) is 23.5 Å². The number of nitrogens with two attached hydrogens (primary N) is 1. The molecule has 202 valence electrons. The fraction of sp³-hybridized carbons (Fsp3) is 0.276. The van der Waals surface area contributed by atoms with Gasteiger partial charge in [0.15, 0.2) is 17.4 Å². The Balaban J connectivity index is 1.49. The third-order valence-corrected chi connectivity index (χ3v) is 6.83. The van der Waals surface area contributed by atoms with Gasteiger partial charge in [-0.25, -0.2) is 9.49 Å². The molecule has 1 fully saturated rings. The lowest BCUT2D eigenvalue weighted by molar-refractivity contribution is -0.127. The van der Waals surface area contributed by atoms with Gasteiger partial charge in [-0.3, -0.25) is 9.59 Å². The number of piperidine rings is 1. The monoisotopic (exact) mass is 530 g/mol. The van der Waals surface area contributed by atoms with E-state index in [4.69, 9.17) is 10.5 Å². The molecule has 2 aromatic heterocycles. The van der Waals surface area contributed by atoms with Gasteiger partial charge in [-0.2, -0.15) is 5.10 Å². The number of ether oxygens (including phenoxy) is 1. The van der Waals surface area contributed by atoms with E-state index in [1.165, 1.54) is 6.07 Å². The Morgan fingerprint density at radius 1 is 1.26 bits per heavy atom. The number of likely N-dealkylation sites (N-methyl/N-ethyl adjacent to an activating group) is 1. The van der Waals surface area contributed by atoms with Gasteiger partial charge in [-0.1, -0.05) is 30.3 Å². The van der Waals surface area contributed by atoms with Crippen molar-refractivity contribution in [2.75, 3.05) is 39.5 Å². The molecule has 0 spiro atoms. The quantitative estimate of drug-likeness (QED) is 0.347. The van der Waals surface area contributed by atoms with Crippen LogP contribution in [0.2, 0.25) is 0 Å². The number of nitrogen functional groups attached to an aromatic ring is 1. The number of nitrogens with one attached hydrogen (secondary N) is 1. The zero-order valence-corrected chi connectivity index (χ0v) is 21.9. The minimum absolute atomic E-state index is 0.0654. The molecule has 3 N–H and O–H groups in total. The number of carbonyl (C=O) groups excluding carboxylic acids is 1. The second-order valence-corrected chi connectivity index (χ2v) is 9.92. The average Bonchev–Trinajstić information content (AvgIpc) is 3.34. The summed E-state index contributed by atoms with van der Waals surface area (Å²) in [6.07, 6.45) is 6.80. The molecule has 5 rings (SSSR count). The number of anilines is 1. The predicted molar refractivity (Wildman–Crippen MR) is 149 cm³/mol. The molecule has 1 aliphatic rings. The van der Waals surface area contributed by atoms with Crippen LogP contribution in [0, 0.1) is 5.82 Å². The molecule has 0 radical (unpaired) electrons. The van der Waals surface area contributed by atoms with Gasteiger partial charge in [0.1, 0.15) is 11.3 Å². The number of amides is 1. The summed E-state index contributed by atoms with van der Waals surface area (Å²) in [7, 11) is 3.88. The predicted octanol–water partition coefficient (Wildman–Crippen LogP) is 4.19. The van der Waals surface area contributed by atoms with Crippen LogP contribution in [0.3, 0.4) is 0 Å². The summed E-state index contributed by atoms with van der Waals surface area (Å²) in [5.41, 5.74) is 7.31. The number of halogens is 1. The molecule has 1 unspecified atom stereocenters. The summed E-state index contributed by atoms with van der Waals surface area (Å²) >= 11 is 0. The van der Waals surface area contributed by atoms with E-state index in [0.29, 0.717) is 47.4 Å². The van der Waals surface area contributed by atoms with E-state index in [2.05, 4.69) is 10.2 Å². The summed E-state index contributed by atoms with van der Waals surface area (Å²) in [5.74, 6) is 0.130. The molecule has 0 saturated carbocycles. The zero-order valence-electron chi connectivity index (χ0n) is 21.9. The van der Waals surface area contributed by atoms with Gasteiger partial charge in [-0.15, -0.1) is 0 Å². The van der Waals surface area contributed by atoms with Gasteiger partial charge in [0.25, 0.3) is 5.56 Å². The van der Waals surface area contributed by atoms with Gasteiger partial charge in [0.2, 0.25) is 5.91 Å². The first kappa shape index (κ1) is 26.2. The Hall–Kier alpha value is -4.44. The Bertz CT molecular complexity index is 1580. The molecule has 3 heterocycles. The number of aromatic nitrogens is 3. The molecule has 0 bridgehead atoms. The summed E-state index contributed by atoms with van der Waals surface area (Å²) in [4.78, 5) is 29.6. The van der Waals surface area contributed by atoms with E-state index < -0.39 is 11.4 Å². The van der Waals surface area contributed by atoms with Gasteiger partial charge in [-0.05, 0) is 56.8 Å². The van der Waals surface area contributed by atoms with Crippen molar-refractivity contribution in [1.82, 2.24) is 24.6 Å². The fourth-order valence-corrected chi connectivity index (χ4v) is 4.96. The van der Waals surface area contributed by atoms with Crippen molar-refractivity contribution in [3.8, 4) is 22.6 Å². The third-order valence-electron chi connectivity index (χ3n) is 6.83. The van der Waals surface area contributed by atoms with E-state index in [1.807, 2.05) is 54.0 Å². The van der Waals surface area contributed by atoms with Crippen molar-refractivity contribution in [1.29, 1.82) is 0 Å². The number of nitrogens with zero attached hydrogens (tertiary/aromatic N) is 4. The number of fused-ring (bicyclic) bond motifs is 1. The standard InChI is InChI=1S/C29H31FN6O3/c1-34(2)14-7-11-25(37)35-15-6-8-20(17-35)36-18-22(26-27(36)29(38)33-32-28(26)31)19-12-13-24(23(30)16-19)39-21-9-4-3-5-10-21/h3-5,7,9-13,16,18,20H,6,8,14-15,17H2,1-2H3,(H2,31,32)(H,33,38)/b11-7+. The highest BCUT2D eigenvalue weighted by Crippen LogP contribution is 2.37. The van der Waals surface area contributed by atoms with Gasteiger partial charge in [0, 0.05) is 37.5 Å². The van der Waals surface area contributed by atoms with Crippen molar-refractivity contribution in [2.24, 2.45) is 0 Å². The molecule has 10 heteroatoms. The van der Waals surface area contributed by atoms with E-state index in [0.717, 1.165) is 12.8 Å². The number of aromatic amines is 1. The molecule has 39 heavy (non-hydrogen) atoms. The Labute approximate surface area is 225 Å². The maximum Gasteiger partial charge on any atom is 0.288 e. The van der Waals surface area contributed by atoms with Gasteiger partial charge < -0.3 is 24.8 Å². The molecular formula is C29H31FN6O3. The number of benzene rings is 2. The lowest BCUT2D eigenvalue weighted by Crippen LogP contribution is -2.40. The summed E-state index contributed by atoms with van der Waals surface area (Å²) in [5, 5.41) is 6.88. The highest BCUT2D eigenvalue weighted by atomic mass is 19.1. The van der Waals surface area contributed by atoms with Crippen molar-refractivity contribution in [2.45, 2.75) is 18.9 Å². The van der Waals surface area contributed by atoms with Crippen LogP contribution in [0.15, 0.2) is 71.7 Å². The molecule has 9 nitrogen and oxygen atoms in total. The first-order chi connectivity index (χ1) is 18.8. The molecule has 1 atom stereocenters. The lowest BCUT2D eigenvalue weighted by Gasteiger charge is -2.33. The minimum Gasteiger partial charge on any atom is -0.454 e. The highest BCUT2D eigenvalue weighted by molar-refractivity contribution is 6.02.